The summed E-state index contributed by atoms with van der Waals surface area (Å²) in [6.07, 6.45) is -6.60. The third-order valence-corrected chi connectivity index (χ3v) is 5.65. The molecule has 16 heteroatoms. The molecule has 10 nitrogen and oxygen atoms in total. The Morgan fingerprint density at radius 2 is 1.72 bits per heavy atom. The molecule has 0 aromatic carbocycles. The summed E-state index contributed by atoms with van der Waals surface area (Å²) in [7, 11) is 1.83. The van der Waals surface area contributed by atoms with Gasteiger partial charge in [0.2, 0.25) is 0 Å². The molecule has 0 saturated carbocycles. The van der Waals surface area contributed by atoms with Crippen LogP contribution in [0.3, 0.4) is 0 Å². The van der Waals surface area contributed by atoms with E-state index in [1.54, 1.807) is 11.1 Å². The van der Waals surface area contributed by atoms with Gasteiger partial charge in [0.25, 0.3) is 5.91 Å². The second-order valence-electron chi connectivity index (χ2n) is 8.57. The minimum atomic E-state index is -5.08. The maximum Gasteiger partial charge on any atom is 0.490 e. The van der Waals surface area contributed by atoms with Crippen molar-refractivity contribution in [1.29, 1.82) is 0 Å². The molecular formula is C23H31F6N3O7. The highest BCUT2D eigenvalue weighted by Gasteiger charge is 2.42. The number of likely N-dealkylation sites (N-methyl/N-ethyl adjacent to an activating group) is 1. The molecular weight excluding hydrogens is 544 g/mol. The number of aromatic nitrogens is 1. The van der Waals surface area contributed by atoms with E-state index in [-0.39, 0.29) is 18.1 Å². The second kappa shape index (κ2) is 15.6. The van der Waals surface area contributed by atoms with E-state index in [0.717, 1.165) is 51.4 Å². The van der Waals surface area contributed by atoms with Gasteiger partial charge in [-0.3, -0.25) is 14.7 Å². The number of alkyl halides is 6. The van der Waals surface area contributed by atoms with Gasteiger partial charge in [-0.15, -0.1) is 0 Å². The predicted octanol–water partition coefficient (Wildman–Crippen LogP) is 2.82. The van der Waals surface area contributed by atoms with Crippen LogP contribution in [-0.2, 0) is 30.4 Å². The highest BCUT2D eigenvalue weighted by atomic mass is 19.4. The van der Waals surface area contributed by atoms with Gasteiger partial charge in [-0.2, -0.15) is 26.3 Å². The van der Waals surface area contributed by atoms with Crippen molar-refractivity contribution in [3.63, 3.8) is 0 Å². The Morgan fingerprint density at radius 1 is 1.13 bits per heavy atom. The molecule has 2 fully saturated rings. The van der Waals surface area contributed by atoms with Crippen molar-refractivity contribution in [2.75, 3.05) is 39.9 Å². The summed E-state index contributed by atoms with van der Waals surface area (Å²) in [5, 5.41) is 14.2. The van der Waals surface area contributed by atoms with Crippen LogP contribution in [0.25, 0.3) is 0 Å². The molecule has 0 unspecified atom stereocenters. The summed E-state index contributed by atoms with van der Waals surface area (Å²) >= 11 is 0. The Morgan fingerprint density at radius 3 is 2.21 bits per heavy atom. The summed E-state index contributed by atoms with van der Waals surface area (Å²) in [6, 6.07) is 5.76. The van der Waals surface area contributed by atoms with Gasteiger partial charge in [0.15, 0.2) is 0 Å². The molecule has 39 heavy (non-hydrogen) atoms. The lowest BCUT2D eigenvalue weighted by molar-refractivity contribution is -0.193. The second-order valence-corrected chi connectivity index (χ2v) is 8.57. The Labute approximate surface area is 220 Å². The molecule has 2 saturated heterocycles. The molecule has 0 radical (unpaired) electrons. The molecule has 3 heterocycles. The monoisotopic (exact) mass is 575 g/mol. The van der Waals surface area contributed by atoms with Crippen LogP contribution in [0, 0.1) is 5.92 Å². The fourth-order valence-corrected chi connectivity index (χ4v) is 3.75. The quantitative estimate of drug-likeness (QED) is 0.373. The minimum absolute atomic E-state index is 0.0703. The Balaban J connectivity index is 0.000000449. The van der Waals surface area contributed by atoms with E-state index in [9.17, 15) is 31.1 Å². The van der Waals surface area contributed by atoms with Crippen LogP contribution < -0.4 is 0 Å². The summed E-state index contributed by atoms with van der Waals surface area (Å²) in [5.74, 6) is -4.94. The third kappa shape index (κ3) is 12.6. The van der Waals surface area contributed by atoms with Crippen molar-refractivity contribution in [2.24, 2.45) is 5.92 Å². The molecule has 1 aromatic rings. The van der Waals surface area contributed by atoms with Crippen molar-refractivity contribution in [2.45, 2.75) is 50.9 Å². The zero-order valence-electron chi connectivity index (χ0n) is 21.2. The van der Waals surface area contributed by atoms with Crippen LogP contribution in [0.5, 0.6) is 0 Å². The smallest absolute Gasteiger partial charge is 0.475 e. The number of carbonyl (C=O) groups excluding carboxylic acids is 1. The summed E-state index contributed by atoms with van der Waals surface area (Å²) in [4.78, 5) is 38.9. The van der Waals surface area contributed by atoms with Gasteiger partial charge in [0, 0.05) is 32.9 Å². The van der Waals surface area contributed by atoms with Gasteiger partial charge in [0.1, 0.15) is 6.10 Å². The number of rotatable bonds is 7. The number of likely N-dealkylation sites (tertiary alicyclic amines) is 1. The molecule has 0 bridgehead atoms. The molecule has 3 atom stereocenters. The molecule has 2 aliphatic heterocycles. The van der Waals surface area contributed by atoms with E-state index in [1.807, 2.05) is 32.2 Å². The Hall–Kier alpha value is -2.98. The van der Waals surface area contributed by atoms with Crippen LogP contribution in [0.15, 0.2) is 24.4 Å². The molecule has 0 aliphatic carbocycles. The number of carboxylic acid groups (broad SMARTS) is 2. The van der Waals surface area contributed by atoms with Crippen molar-refractivity contribution in [3.8, 4) is 0 Å². The average Bonchev–Trinajstić information content (AvgIpc) is 3.27. The maximum atomic E-state index is 12.7. The summed E-state index contributed by atoms with van der Waals surface area (Å²) in [6.45, 7) is 6.99. The number of ether oxygens (including phenoxy) is 2. The molecule has 2 N–H and O–H groups in total. The van der Waals surface area contributed by atoms with Gasteiger partial charge in [0.05, 0.1) is 24.9 Å². The minimum Gasteiger partial charge on any atom is -0.475 e. The normalized spacial score (nSPS) is 21.0. The first-order valence-corrected chi connectivity index (χ1v) is 11.8. The Kier molecular flexibility index (Phi) is 13.6. The van der Waals surface area contributed by atoms with E-state index < -0.39 is 24.3 Å². The Bertz CT molecular complexity index is 894. The lowest BCUT2D eigenvalue weighted by Gasteiger charge is -2.33. The highest BCUT2D eigenvalue weighted by molar-refractivity contribution is 5.81. The number of piperidine rings is 1. The summed E-state index contributed by atoms with van der Waals surface area (Å²) < 4.78 is 75.0. The van der Waals surface area contributed by atoms with E-state index in [0.29, 0.717) is 12.5 Å². The first kappa shape index (κ1) is 34.0. The average molecular weight is 576 g/mol. The SMILES string of the molecule is CCOCCN1CC[C@H]2C[C@H](C(=O)N(C)Cc3ccccn3)O[C@H]2C1.O=C(O)C(F)(F)F.O=C(O)C(F)(F)F. The zero-order chi connectivity index (χ0) is 29.8. The van der Waals surface area contributed by atoms with Crippen molar-refractivity contribution in [3.05, 3.63) is 30.1 Å². The topological polar surface area (TPSA) is 130 Å². The van der Waals surface area contributed by atoms with Crippen LogP contribution >= 0.6 is 0 Å². The number of carboxylic acids is 2. The number of hydrogen-bond acceptors (Lipinski definition) is 7. The van der Waals surface area contributed by atoms with Crippen LogP contribution in [0.1, 0.15) is 25.5 Å². The number of amides is 1. The van der Waals surface area contributed by atoms with Crippen molar-refractivity contribution in [1.82, 2.24) is 14.8 Å². The van der Waals surface area contributed by atoms with Gasteiger partial charge < -0.3 is 24.6 Å². The third-order valence-electron chi connectivity index (χ3n) is 5.65. The van der Waals surface area contributed by atoms with Gasteiger partial charge in [-0.1, -0.05) is 6.07 Å². The number of pyridine rings is 1. The number of halogens is 6. The predicted molar refractivity (Wildman–Crippen MR) is 122 cm³/mol. The maximum absolute atomic E-state index is 12.7. The van der Waals surface area contributed by atoms with Crippen LogP contribution in [-0.4, -0.2) is 107 Å². The lowest BCUT2D eigenvalue weighted by atomic mass is 9.91. The standard InChI is InChI=1S/C19H29N3O3.2C2HF3O2/c1-3-24-11-10-22-9-7-15-12-17(25-18(15)14-22)19(23)21(2)13-16-6-4-5-8-20-16;2*3-2(4,5)1(6)7/h4-6,8,15,17-18H,3,7,9-14H2,1-2H3;2*(H,6,7)/t15-,17+,18-;;/m0../s1. The lowest BCUT2D eigenvalue weighted by Crippen LogP contribution is -2.43. The number of carbonyl (C=O) groups is 3. The molecule has 222 valence electrons. The van der Waals surface area contributed by atoms with E-state index in [2.05, 4.69) is 9.88 Å². The largest absolute Gasteiger partial charge is 0.490 e. The van der Waals surface area contributed by atoms with Crippen LogP contribution in [0.2, 0.25) is 0 Å². The molecule has 1 amide bonds. The van der Waals surface area contributed by atoms with Gasteiger partial charge in [-0.05, 0) is 44.4 Å². The highest BCUT2D eigenvalue weighted by Crippen LogP contribution is 2.34. The first-order valence-electron chi connectivity index (χ1n) is 11.8. The first-order chi connectivity index (χ1) is 18.1. The molecule has 0 spiro atoms. The van der Waals surface area contributed by atoms with E-state index >= 15 is 0 Å². The molecule has 3 rings (SSSR count). The fraction of sp³-hybridized carbons (Fsp3) is 0.652. The van der Waals surface area contributed by atoms with E-state index in [1.165, 1.54) is 0 Å². The molecule has 2 aliphatic rings. The van der Waals surface area contributed by atoms with E-state index in [4.69, 9.17) is 29.3 Å². The van der Waals surface area contributed by atoms with Crippen LogP contribution in [0.4, 0.5) is 26.3 Å². The number of aliphatic carboxylic acids is 2. The fourth-order valence-electron chi connectivity index (χ4n) is 3.75. The van der Waals surface area contributed by atoms with Gasteiger partial charge >= 0.3 is 24.3 Å². The summed E-state index contributed by atoms with van der Waals surface area (Å²) in [5.41, 5.74) is 0.899. The molecule has 1 aromatic heterocycles. The number of fused-ring (bicyclic) bond motifs is 1. The van der Waals surface area contributed by atoms with Gasteiger partial charge in [-0.25, -0.2) is 9.59 Å². The number of hydrogen-bond donors (Lipinski definition) is 2. The number of nitrogens with zero attached hydrogens (tertiary/aromatic N) is 3. The van der Waals surface area contributed by atoms with Crippen molar-refractivity contribution >= 4 is 17.8 Å². The zero-order valence-corrected chi connectivity index (χ0v) is 21.2. The van der Waals surface area contributed by atoms with Crippen molar-refractivity contribution < 1.29 is 60.4 Å².